The number of nitrogens with zero attached hydrogens (tertiary/aromatic N) is 1. The van der Waals surface area contributed by atoms with E-state index in [0.717, 1.165) is 35.6 Å². The predicted molar refractivity (Wildman–Crippen MR) is 123 cm³/mol. The van der Waals surface area contributed by atoms with Crippen molar-refractivity contribution in [3.63, 3.8) is 0 Å². The first kappa shape index (κ1) is 22.4. The molecule has 162 valence electrons. The molecular weight excluding hydrogens is 400 g/mol. The molecule has 0 saturated carbocycles. The minimum atomic E-state index is -0.772. The fraction of sp³-hybridized carbons (Fsp3) is 0.458. The number of hydrogen-bond acceptors (Lipinski definition) is 4. The first-order valence-corrected chi connectivity index (χ1v) is 11.0. The summed E-state index contributed by atoms with van der Waals surface area (Å²) in [6.45, 7) is 8.69. The second-order valence-electron chi connectivity index (χ2n) is 8.19. The van der Waals surface area contributed by atoms with E-state index in [9.17, 15) is 9.90 Å². The smallest absolute Gasteiger partial charge is 0.303 e. The van der Waals surface area contributed by atoms with E-state index in [0.29, 0.717) is 24.2 Å². The lowest BCUT2D eigenvalue weighted by Crippen LogP contribution is -2.48. The fourth-order valence-corrected chi connectivity index (χ4v) is 4.16. The van der Waals surface area contributed by atoms with Crippen LogP contribution < -0.4 is 10.2 Å². The molecule has 2 N–H and O–H groups in total. The molecular formula is C24H31ClN2O3. The Labute approximate surface area is 184 Å². The molecule has 1 aliphatic rings. The second kappa shape index (κ2) is 10.2. The number of aliphatic carboxylic acids is 1. The molecule has 0 spiro atoms. The molecule has 3 rings (SSSR count). The number of carboxylic acid groups (broad SMARTS) is 1. The summed E-state index contributed by atoms with van der Waals surface area (Å²) in [7, 11) is 0. The van der Waals surface area contributed by atoms with Crippen molar-refractivity contribution < 1.29 is 14.6 Å². The zero-order valence-electron chi connectivity index (χ0n) is 17.9. The molecule has 5 nitrogen and oxygen atoms in total. The molecule has 30 heavy (non-hydrogen) atoms. The monoisotopic (exact) mass is 430 g/mol. The Morgan fingerprint density at radius 1 is 1.27 bits per heavy atom. The van der Waals surface area contributed by atoms with E-state index in [1.54, 1.807) is 0 Å². The highest BCUT2D eigenvalue weighted by atomic mass is 35.5. The van der Waals surface area contributed by atoms with Gasteiger partial charge in [0.05, 0.1) is 37.1 Å². The predicted octanol–water partition coefficient (Wildman–Crippen LogP) is 5.91. The van der Waals surface area contributed by atoms with Gasteiger partial charge in [-0.15, -0.1) is 0 Å². The summed E-state index contributed by atoms with van der Waals surface area (Å²) in [6.07, 6.45) is 0.903. The van der Waals surface area contributed by atoms with E-state index in [1.165, 1.54) is 0 Å². The molecule has 2 aromatic carbocycles. The van der Waals surface area contributed by atoms with Crippen molar-refractivity contribution in [1.29, 1.82) is 0 Å². The summed E-state index contributed by atoms with van der Waals surface area (Å²) >= 11 is 6.05. The highest BCUT2D eigenvalue weighted by Gasteiger charge is 2.28. The Balaban J connectivity index is 2.01. The van der Waals surface area contributed by atoms with E-state index >= 15 is 0 Å². The molecule has 0 aromatic heterocycles. The van der Waals surface area contributed by atoms with Crippen LogP contribution in [0.3, 0.4) is 0 Å². The Hall–Kier alpha value is -2.24. The van der Waals surface area contributed by atoms with Gasteiger partial charge in [-0.3, -0.25) is 4.79 Å². The molecule has 0 unspecified atom stereocenters. The van der Waals surface area contributed by atoms with Crippen molar-refractivity contribution in [3.05, 3.63) is 53.1 Å². The lowest BCUT2D eigenvalue weighted by atomic mass is 9.92. The van der Waals surface area contributed by atoms with Crippen molar-refractivity contribution in [3.8, 4) is 0 Å². The standard InChI is InChI=1S/C24H31ClN2O3/c1-4-17(14-24(28)29)18-5-10-22(27-11-12-30-15-23(27)16(2)3)21(13-18)26-20-8-6-19(25)7-9-20/h5-10,13,16-17,23,26H,4,11-12,14-15H2,1-3H3,(H,28,29)/t17-,23-/m1/s1. The van der Waals surface area contributed by atoms with Crippen molar-refractivity contribution >= 4 is 34.6 Å². The van der Waals surface area contributed by atoms with Gasteiger partial charge in [-0.25, -0.2) is 0 Å². The van der Waals surface area contributed by atoms with Crippen LogP contribution in [0.4, 0.5) is 17.1 Å². The Morgan fingerprint density at radius 2 is 2.00 bits per heavy atom. The number of ether oxygens (including phenoxy) is 1. The molecule has 2 atom stereocenters. The van der Waals surface area contributed by atoms with Crippen LogP contribution in [0.25, 0.3) is 0 Å². The van der Waals surface area contributed by atoms with Crippen molar-refractivity contribution in [2.24, 2.45) is 5.92 Å². The molecule has 1 fully saturated rings. The Kier molecular flexibility index (Phi) is 7.62. The zero-order chi connectivity index (χ0) is 21.7. The van der Waals surface area contributed by atoms with E-state index in [1.807, 2.05) is 31.2 Å². The molecule has 0 aliphatic carbocycles. The van der Waals surface area contributed by atoms with E-state index in [4.69, 9.17) is 16.3 Å². The maximum atomic E-state index is 11.3. The van der Waals surface area contributed by atoms with Gasteiger partial charge in [-0.2, -0.15) is 0 Å². The summed E-state index contributed by atoms with van der Waals surface area (Å²) < 4.78 is 5.75. The normalized spacial score (nSPS) is 17.8. The van der Waals surface area contributed by atoms with Crippen LogP contribution in [0.1, 0.15) is 45.1 Å². The lowest BCUT2D eigenvalue weighted by molar-refractivity contribution is -0.137. The van der Waals surface area contributed by atoms with Crippen LogP contribution >= 0.6 is 11.6 Å². The first-order valence-electron chi connectivity index (χ1n) is 10.6. The molecule has 1 saturated heterocycles. The summed E-state index contributed by atoms with van der Waals surface area (Å²) in [5, 5.41) is 13.5. The van der Waals surface area contributed by atoms with Crippen LogP contribution in [0.5, 0.6) is 0 Å². The largest absolute Gasteiger partial charge is 0.481 e. The molecule has 1 aliphatic heterocycles. The topological polar surface area (TPSA) is 61.8 Å². The Morgan fingerprint density at radius 3 is 2.63 bits per heavy atom. The zero-order valence-corrected chi connectivity index (χ0v) is 18.7. The average molecular weight is 431 g/mol. The Bertz CT molecular complexity index is 854. The summed E-state index contributed by atoms with van der Waals surface area (Å²) in [6, 6.07) is 14.2. The fourth-order valence-electron chi connectivity index (χ4n) is 4.03. The van der Waals surface area contributed by atoms with Gasteiger partial charge in [0.1, 0.15) is 0 Å². The number of carboxylic acids is 1. The number of rotatable bonds is 8. The number of morpholine rings is 1. The highest BCUT2D eigenvalue weighted by Crippen LogP contribution is 2.37. The summed E-state index contributed by atoms with van der Waals surface area (Å²) in [5.41, 5.74) is 4.07. The van der Waals surface area contributed by atoms with Gasteiger partial charge in [0, 0.05) is 17.3 Å². The van der Waals surface area contributed by atoms with Gasteiger partial charge in [0.15, 0.2) is 0 Å². The molecule has 1 heterocycles. The third kappa shape index (κ3) is 5.46. The van der Waals surface area contributed by atoms with Gasteiger partial charge < -0.3 is 20.1 Å². The SMILES string of the molecule is CC[C@H](CC(=O)O)c1ccc(N2CCOC[C@@H]2C(C)C)c(Nc2ccc(Cl)cc2)c1. The third-order valence-electron chi connectivity index (χ3n) is 5.77. The molecule has 0 bridgehead atoms. The van der Waals surface area contributed by atoms with Gasteiger partial charge in [0.2, 0.25) is 0 Å². The van der Waals surface area contributed by atoms with Gasteiger partial charge in [0.25, 0.3) is 0 Å². The van der Waals surface area contributed by atoms with E-state index < -0.39 is 5.97 Å². The van der Waals surface area contributed by atoms with Crippen molar-refractivity contribution in [1.82, 2.24) is 0 Å². The summed E-state index contributed by atoms with van der Waals surface area (Å²) in [4.78, 5) is 13.7. The number of anilines is 3. The van der Waals surface area contributed by atoms with Crippen molar-refractivity contribution in [2.75, 3.05) is 30.0 Å². The van der Waals surface area contributed by atoms with Gasteiger partial charge in [-0.1, -0.05) is 38.4 Å². The van der Waals surface area contributed by atoms with Crippen molar-refractivity contribution in [2.45, 2.75) is 45.6 Å². The molecule has 6 heteroatoms. The number of nitrogens with one attached hydrogen (secondary N) is 1. The minimum absolute atomic E-state index is 0.0205. The summed E-state index contributed by atoms with van der Waals surface area (Å²) in [5.74, 6) is -0.345. The lowest BCUT2D eigenvalue weighted by Gasteiger charge is -2.40. The quantitative estimate of drug-likeness (QED) is 0.544. The number of hydrogen-bond donors (Lipinski definition) is 2. The second-order valence-corrected chi connectivity index (χ2v) is 8.63. The first-order chi connectivity index (χ1) is 14.4. The van der Waals surface area contributed by atoms with Crippen LogP contribution in [-0.2, 0) is 9.53 Å². The van der Waals surface area contributed by atoms with E-state index in [-0.39, 0.29) is 18.4 Å². The number of benzene rings is 2. The maximum Gasteiger partial charge on any atom is 0.303 e. The van der Waals surface area contributed by atoms with Crippen LogP contribution in [0.15, 0.2) is 42.5 Å². The molecule has 2 aromatic rings. The van der Waals surface area contributed by atoms with Gasteiger partial charge in [-0.05, 0) is 60.2 Å². The van der Waals surface area contributed by atoms with Crippen LogP contribution in [0.2, 0.25) is 5.02 Å². The van der Waals surface area contributed by atoms with E-state index in [2.05, 4.69) is 42.3 Å². The number of carbonyl (C=O) groups is 1. The number of halogens is 1. The molecule has 0 radical (unpaired) electrons. The van der Waals surface area contributed by atoms with Crippen LogP contribution in [0, 0.1) is 5.92 Å². The molecule has 0 amide bonds. The minimum Gasteiger partial charge on any atom is -0.481 e. The van der Waals surface area contributed by atoms with Gasteiger partial charge >= 0.3 is 5.97 Å². The third-order valence-corrected chi connectivity index (χ3v) is 6.03. The highest BCUT2D eigenvalue weighted by molar-refractivity contribution is 6.30. The average Bonchev–Trinajstić information content (AvgIpc) is 2.73. The van der Waals surface area contributed by atoms with Crippen LogP contribution in [-0.4, -0.2) is 36.9 Å². The maximum absolute atomic E-state index is 11.3.